The van der Waals surface area contributed by atoms with Crippen molar-refractivity contribution in [1.29, 1.82) is 5.26 Å². The molecule has 14 heavy (non-hydrogen) atoms. The minimum Gasteiger partial charge on any atom is -0.192 e. The van der Waals surface area contributed by atoms with Crippen LogP contribution in [0.25, 0.3) is 0 Å². The molecular weight excluding hydrogens is 190 g/mol. The molecule has 0 bridgehead atoms. The maximum absolute atomic E-state index is 8.85. The Balaban J connectivity index is 2.56. The fraction of sp³-hybridized carbons (Fsp3) is 0.417. The summed E-state index contributed by atoms with van der Waals surface area (Å²) in [5, 5.41) is 8.85. The first-order valence-corrected chi connectivity index (χ1v) is 5.79. The first-order valence-electron chi connectivity index (χ1n) is 4.81. The molecule has 1 aromatic carbocycles. The van der Waals surface area contributed by atoms with E-state index in [1.54, 1.807) is 0 Å². The van der Waals surface area contributed by atoms with Gasteiger partial charge in [0.2, 0.25) is 0 Å². The highest BCUT2D eigenvalue weighted by Crippen LogP contribution is 2.41. The second-order valence-corrected chi connectivity index (χ2v) is 5.44. The fourth-order valence-corrected chi connectivity index (χ4v) is 3.29. The summed E-state index contributed by atoms with van der Waals surface area (Å²) in [5.41, 5.74) is 2.35. The molecular formula is C12H13NS. The molecule has 1 aliphatic rings. The molecule has 0 aromatic heterocycles. The largest absolute Gasteiger partial charge is 0.192 e. The quantitative estimate of drug-likeness (QED) is 0.645. The minimum absolute atomic E-state index is 0.230. The van der Waals surface area contributed by atoms with Crippen LogP contribution in [0.1, 0.15) is 31.4 Å². The monoisotopic (exact) mass is 203 g/mol. The molecule has 1 aromatic rings. The van der Waals surface area contributed by atoms with Crippen LogP contribution in [0.3, 0.4) is 0 Å². The molecule has 0 fully saturated rings. The first kappa shape index (κ1) is 9.61. The van der Waals surface area contributed by atoms with Crippen LogP contribution in [-0.4, -0.2) is 5.75 Å². The van der Waals surface area contributed by atoms with Crippen LogP contribution in [0.15, 0.2) is 23.1 Å². The van der Waals surface area contributed by atoms with E-state index in [1.165, 1.54) is 22.6 Å². The van der Waals surface area contributed by atoms with Crippen LogP contribution in [0.2, 0.25) is 0 Å². The van der Waals surface area contributed by atoms with E-state index in [0.29, 0.717) is 0 Å². The van der Waals surface area contributed by atoms with Crippen molar-refractivity contribution in [2.75, 3.05) is 5.75 Å². The Morgan fingerprint density at radius 1 is 1.43 bits per heavy atom. The summed E-state index contributed by atoms with van der Waals surface area (Å²) in [6.07, 6.45) is 1.19. The van der Waals surface area contributed by atoms with Gasteiger partial charge in [-0.15, -0.1) is 11.8 Å². The number of fused-ring (bicyclic) bond motifs is 1. The van der Waals surface area contributed by atoms with Gasteiger partial charge >= 0.3 is 0 Å². The maximum atomic E-state index is 8.85. The highest BCUT2D eigenvalue weighted by molar-refractivity contribution is 7.99. The average Bonchev–Trinajstić information content (AvgIpc) is 2.17. The molecule has 1 aliphatic heterocycles. The molecule has 2 rings (SSSR count). The molecule has 0 atom stereocenters. The van der Waals surface area contributed by atoms with Crippen LogP contribution >= 0.6 is 11.8 Å². The van der Waals surface area contributed by atoms with Crippen molar-refractivity contribution in [2.45, 2.75) is 30.6 Å². The van der Waals surface area contributed by atoms with Crippen molar-refractivity contribution in [1.82, 2.24) is 0 Å². The van der Waals surface area contributed by atoms with Gasteiger partial charge < -0.3 is 0 Å². The molecule has 1 heterocycles. The third kappa shape index (κ3) is 1.53. The lowest BCUT2D eigenvalue weighted by Gasteiger charge is -2.31. The topological polar surface area (TPSA) is 23.8 Å². The molecule has 1 nitrogen and oxygen atoms in total. The number of rotatable bonds is 0. The molecule has 0 spiro atoms. The van der Waals surface area contributed by atoms with Crippen molar-refractivity contribution >= 4 is 11.8 Å². The summed E-state index contributed by atoms with van der Waals surface area (Å²) in [6.45, 7) is 4.51. The summed E-state index contributed by atoms with van der Waals surface area (Å²) in [7, 11) is 0. The number of hydrogen-bond acceptors (Lipinski definition) is 2. The van der Waals surface area contributed by atoms with Gasteiger partial charge in [0.15, 0.2) is 0 Å². The van der Waals surface area contributed by atoms with Crippen LogP contribution < -0.4 is 0 Å². The Bertz CT molecular complexity index is 401. The standard InChI is InChI=1S/C12H13NS/c1-12(2)5-6-14-11-4-3-9(8-13)7-10(11)12/h3-4,7H,5-6H2,1-2H3. The van der Waals surface area contributed by atoms with Gasteiger partial charge in [-0.25, -0.2) is 0 Å². The van der Waals surface area contributed by atoms with Gasteiger partial charge in [-0.3, -0.25) is 0 Å². The smallest absolute Gasteiger partial charge is 0.0991 e. The van der Waals surface area contributed by atoms with E-state index in [-0.39, 0.29) is 5.41 Å². The zero-order valence-electron chi connectivity index (χ0n) is 8.50. The van der Waals surface area contributed by atoms with E-state index < -0.39 is 0 Å². The van der Waals surface area contributed by atoms with Crippen LogP contribution in [0.5, 0.6) is 0 Å². The van der Waals surface area contributed by atoms with Gasteiger partial charge in [0, 0.05) is 4.90 Å². The molecule has 72 valence electrons. The molecule has 0 radical (unpaired) electrons. The number of nitriles is 1. The van der Waals surface area contributed by atoms with E-state index in [1.807, 2.05) is 23.9 Å². The Labute approximate surface area is 89.1 Å². The number of nitrogens with zero attached hydrogens (tertiary/aromatic N) is 1. The summed E-state index contributed by atoms with van der Waals surface area (Å²) in [5.74, 6) is 1.19. The Morgan fingerprint density at radius 3 is 2.93 bits per heavy atom. The van der Waals surface area contributed by atoms with E-state index >= 15 is 0 Å². The average molecular weight is 203 g/mol. The van der Waals surface area contributed by atoms with E-state index in [0.717, 1.165) is 5.56 Å². The molecule has 0 unspecified atom stereocenters. The Kier molecular flexibility index (Phi) is 2.28. The van der Waals surface area contributed by atoms with Crippen molar-refractivity contribution in [3.05, 3.63) is 29.3 Å². The Hall–Kier alpha value is -0.940. The van der Waals surface area contributed by atoms with Gasteiger partial charge in [-0.1, -0.05) is 13.8 Å². The van der Waals surface area contributed by atoms with Crippen molar-refractivity contribution in [3.63, 3.8) is 0 Å². The summed E-state index contributed by atoms with van der Waals surface area (Å²) >= 11 is 1.90. The van der Waals surface area contributed by atoms with Crippen LogP contribution in [0, 0.1) is 11.3 Å². The molecule has 0 saturated heterocycles. The number of hydrogen-bond donors (Lipinski definition) is 0. The van der Waals surface area contributed by atoms with E-state index in [9.17, 15) is 0 Å². The molecule has 0 N–H and O–H groups in total. The summed E-state index contributed by atoms with van der Waals surface area (Å²) < 4.78 is 0. The summed E-state index contributed by atoms with van der Waals surface area (Å²) in [4.78, 5) is 1.35. The Morgan fingerprint density at radius 2 is 2.21 bits per heavy atom. The highest BCUT2D eigenvalue weighted by Gasteiger charge is 2.27. The minimum atomic E-state index is 0.230. The van der Waals surface area contributed by atoms with Crippen LogP contribution in [0.4, 0.5) is 0 Å². The lowest BCUT2D eigenvalue weighted by atomic mass is 9.81. The lowest BCUT2D eigenvalue weighted by Crippen LogP contribution is -2.22. The zero-order valence-corrected chi connectivity index (χ0v) is 9.32. The van der Waals surface area contributed by atoms with Gasteiger partial charge in [-0.2, -0.15) is 5.26 Å². The molecule has 2 heteroatoms. The predicted molar refractivity (Wildman–Crippen MR) is 59.5 cm³/mol. The van der Waals surface area contributed by atoms with Crippen molar-refractivity contribution < 1.29 is 0 Å². The molecule has 0 aliphatic carbocycles. The van der Waals surface area contributed by atoms with Crippen molar-refractivity contribution in [3.8, 4) is 6.07 Å². The molecule has 0 amide bonds. The van der Waals surface area contributed by atoms with Gasteiger partial charge in [-0.05, 0) is 41.4 Å². The fourth-order valence-electron chi connectivity index (χ4n) is 1.81. The van der Waals surface area contributed by atoms with Crippen LogP contribution in [-0.2, 0) is 5.41 Å². The number of thioether (sulfide) groups is 1. The highest BCUT2D eigenvalue weighted by atomic mass is 32.2. The third-order valence-electron chi connectivity index (χ3n) is 2.82. The lowest BCUT2D eigenvalue weighted by molar-refractivity contribution is 0.494. The van der Waals surface area contributed by atoms with Gasteiger partial charge in [0.05, 0.1) is 11.6 Å². The SMILES string of the molecule is CC1(C)CCSc2ccc(C#N)cc21. The van der Waals surface area contributed by atoms with Gasteiger partial charge in [0.25, 0.3) is 0 Å². The normalized spacial score (nSPS) is 18.4. The number of benzene rings is 1. The third-order valence-corrected chi connectivity index (χ3v) is 3.90. The second-order valence-electron chi connectivity index (χ2n) is 4.31. The first-order chi connectivity index (χ1) is 6.63. The zero-order chi connectivity index (χ0) is 10.2. The second kappa shape index (κ2) is 3.33. The van der Waals surface area contributed by atoms with Crippen molar-refractivity contribution in [2.24, 2.45) is 0 Å². The molecule has 0 saturated carbocycles. The van der Waals surface area contributed by atoms with E-state index in [4.69, 9.17) is 5.26 Å². The predicted octanol–water partition coefficient (Wildman–Crippen LogP) is 3.33. The summed E-state index contributed by atoms with van der Waals surface area (Å²) in [6, 6.07) is 8.24. The van der Waals surface area contributed by atoms with Gasteiger partial charge in [0.1, 0.15) is 0 Å². The maximum Gasteiger partial charge on any atom is 0.0991 e. The van der Waals surface area contributed by atoms with E-state index in [2.05, 4.69) is 26.0 Å².